The second kappa shape index (κ2) is 8.01. The number of hydrogen-bond donors (Lipinski definition) is 2. The lowest BCUT2D eigenvalue weighted by molar-refractivity contribution is 0.410. The minimum absolute atomic E-state index is 0.163. The van der Waals surface area contributed by atoms with E-state index < -0.39 is 0 Å². The molecule has 0 aliphatic heterocycles. The average Bonchev–Trinajstić information content (AvgIpc) is 2.66. The fourth-order valence-electron chi connectivity index (χ4n) is 2.51. The lowest BCUT2D eigenvalue weighted by Gasteiger charge is -2.11. The summed E-state index contributed by atoms with van der Waals surface area (Å²) in [5.74, 6) is 1.95. The molecule has 0 radical (unpaired) electrons. The van der Waals surface area contributed by atoms with Gasteiger partial charge in [-0.3, -0.25) is 4.79 Å². The zero-order valence-corrected chi connectivity index (χ0v) is 15.3. The smallest absolute Gasteiger partial charge is 0.251 e. The summed E-state index contributed by atoms with van der Waals surface area (Å²) >= 11 is 5.98. The van der Waals surface area contributed by atoms with Crippen LogP contribution in [0, 0.1) is 0 Å². The third kappa shape index (κ3) is 4.21. The number of ether oxygens (including phenoxy) is 1. The summed E-state index contributed by atoms with van der Waals surface area (Å²) in [5.41, 5.74) is 2.32. The number of anilines is 1. The van der Waals surface area contributed by atoms with Crippen molar-refractivity contribution in [2.45, 2.75) is 19.9 Å². The highest BCUT2D eigenvalue weighted by molar-refractivity contribution is 6.30. The maximum Gasteiger partial charge on any atom is 0.251 e. The van der Waals surface area contributed by atoms with Gasteiger partial charge < -0.3 is 15.0 Å². The van der Waals surface area contributed by atoms with Gasteiger partial charge in [0.25, 0.3) is 5.56 Å². The number of aromatic nitrogens is 3. The summed E-state index contributed by atoms with van der Waals surface area (Å²) in [4.78, 5) is 23.3. The van der Waals surface area contributed by atoms with Crippen molar-refractivity contribution in [2.24, 2.45) is 0 Å². The quantitative estimate of drug-likeness (QED) is 0.692. The van der Waals surface area contributed by atoms with Crippen LogP contribution in [0.15, 0.2) is 47.4 Å². The van der Waals surface area contributed by atoms with Crippen LogP contribution in [-0.2, 0) is 13.0 Å². The van der Waals surface area contributed by atoms with E-state index in [0.717, 1.165) is 22.6 Å². The highest BCUT2D eigenvalue weighted by atomic mass is 35.5. The standard InChI is InChI=1S/C19H19ClN4O2/c1-3-15-9-18(25)24-19(23-15)13-5-7-17(22-11-13)21-10-12-4-6-14(20)8-16(12)26-2/h4-9,11H,3,10H2,1-2H3,(H,21,22)(H,23,24,25). The Labute approximate surface area is 156 Å². The highest BCUT2D eigenvalue weighted by Gasteiger charge is 2.06. The van der Waals surface area contributed by atoms with Crippen LogP contribution in [0.25, 0.3) is 11.4 Å². The summed E-state index contributed by atoms with van der Waals surface area (Å²) < 4.78 is 5.34. The van der Waals surface area contributed by atoms with Gasteiger partial charge in [-0.2, -0.15) is 0 Å². The molecule has 0 fully saturated rings. The lowest BCUT2D eigenvalue weighted by Crippen LogP contribution is -2.10. The lowest BCUT2D eigenvalue weighted by atomic mass is 10.2. The number of pyridine rings is 1. The summed E-state index contributed by atoms with van der Waals surface area (Å²) in [6.45, 7) is 2.51. The van der Waals surface area contributed by atoms with E-state index in [1.54, 1.807) is 19.4 Å². The Balaban J connectivity index is 1.74. The fraction of sp³-hybridized carbons (Fsp3) is 0.211. The number of methoxy groups -OCH3 is 1. The highest BCUT2D eigenvalue weighted by Crippen LogP contribution is 2.24. The molecule has 0 spiro atoms. The zero-order valence-electron chi connectivity index (χ0n) is 14.5. The van der Waals surface area contributed by atoms with E-state index in [0.29, 0.717) is 29.6 Å². The predicted molar refractivity (Wildman–Crippen MR) is 103 cm³/mol. The predicted octanol–water partition coefficient (Wildman–Crippen LogP) is 3.67. The first-order chi connectivity index (χ1) is 12.6. The molecule has 0 aliphatic carbocycles. The van der Waals surface area contributed by atoms with E-state index in [1.807, 2.05) is 31.2 Å². The molecular formula is C19H19ClN4O2. The number of benzene rings is 1. The van der Waals surface area contributed by atoms with Crippen LogP contribution in [0.1, 0.15) is 18.2 Å². The number of hydrogen-bond acceptors (Lipinski definition) is 5. The van der Waals surface area contributed by atoms with Crippen LogP contribution in [0.5, 0.6) is 5.75 Å². The maximum atomic E-state index is 11.7. The molecule has 6 nitrogen and oxygen atoms in total. The van der Waals surface area contributed by atoms with Crippen molar-refractivity contribution in [3.63, 3.8) is 0 Å². The first-order valence-corrected chi connectivity index (χ1v) is 8.59. The van der Waals surface area contributed by atoms with Crippen LogP contribution >= 0.6 is 11.6 Å². The number of aromatic amines is 1. The summed E-state index contributed by atoms with van der Waals surface area (Å²) in [7, 11) is 1.61. The minimum Gasteiger partial charge on any atom is -0.496 e. The first-order valence-electron chi connectivity index (χ1n) is 8.22. The van der Waals surface area contributed by atoms with Gasteiger partial charge in [-0.1, -0.05) is 24.6 Å². The molecule has 7 heteroatoms. The van der Waals surface area contributed by atoms with Gasteiger partial charge in [-0.05, 0) is 30.7 Å². The SMILES string of the molecule is CCc1cc(=O)[nH]c(-c2ccc(NCc3ccc(Cl)cc3OC)nc2)n1. The molecule has 3 aromatic rings. The van der Waals surface area contributed by atoms with Crippen LogP contribution in [-0.4, -0.2) is 22.1 Å². The molecule has 1 aromatic carbocycles. The second-order valence-electron chi connectivity index (χ2n) is 5.68. The summed E-state index contributed by atoms with van der Waals surface area (Å²) in [6.07, 6.45) is 2.38. The molecule has 0 saturated carbocycles. The van der Waals surface area contributed by atoms with Gasteiger partial charge in [0, 0.05) is 40.7 Å². The van der Waals surface area contributed by atoms with Crippen molar-refractivity contribution < 1.29 is 4.74 Å². The summed E-state index contributed by atoms with van der Waals surface area (Å²) in [6, 6.07) is 10.7. The Morgan fingerprint density at radius 1 is 1.23 bits per heavy atom. The number of nitrogens with zero attached hydrogens (tertiary/aromatic N) is 2. The number of rotatable bonds is 6. The minimum atomic E-state index is -0.163. The van der Waals surface area contributed by atoms with Crippen molar-refractivity contribution in [3.8, 4) is 17.1 Å². The first kappa shape index (κ1) is 17.9. The zero-order chi connectivity index (χ0) is 18.5. The molecule has 2 N–H and O–H groups in total. The van der Waals surface area contributed by atoms with Crippen molar-refractivity contribution in [2.75, 3.05) is 12.4 Å². The van der Waals surface area contributed by atoms with Crippen molar-refractivity contribution >= 4 is 17.4 Å². The van der Waals surface area contributed by atoms with Gasteiger partial charge in [-0.25, -0.2) is 9.97 Å². The molecule has 0 amide bonds. The van der Waals surface area contributed by atoms with Crippen molar-refractivity contribution in [3.05, 3.63) is 69.2 Å². The maximum absolute atomic E-state index is 11.7. The molecule has 0 atom stereocenters. The van der Waals surface area contributed by atoms with Crippen molar-refractivity contribution in [1.29, 1.82) is 0 Å². The van der Waals surface area contributed by atoms with Crippen LogP contribution in [0.2, 0.25) is 5.02 Å². The van der Waals surface area contributed by atoms with E-state index >= 15 is 0 Å². The van der Waals surface area contributed by atoms with Crippen molar-refractivity contribution in [1.82, 2.24) is 15.0 Å². The Morgan fingerprint density at radius 3 is 2.77 bits per heavy atom. The Hall–Kier alpha value is -2.86. The number of nitrogens with one attached hydrogen (secondary N) is 2. The molecule has 0 aliphatic rings. The normalized spacial score (nSPS) is 10.6. The van der Waals surface area contributed by atoms with E-state index in [4.69, 9.17) is 16.3 Å². The Bertz CT molecular complexity index is 954. The molecule has 26 heavy (non-hydrogen) atoms. The molecule has 2 heterocycles. The average molecular weight is 371 g/mol. The number of halogens is 1. The van der Waals surface area contributed by atoms with Gasteiger partial charge in [-0.15, -0.1) is 0 Å². The molecule has 0 saturated heterocycles. The third-order valence-electron chi connectivity index (χ3n) is 3.90. The van der Waals surface area contributed by atoms with Gasteiger partial charge >= 0.3 is 0 Å². The van der Waals surface area contributed by atoms with Gasteiger partial charge in [0.15, 0.2) is 0 Å². The molecule has 3 rings (SSSR count). The molecule has 0 bridgehead atoms. The van der Waals surface area contributed by atoms with Gasteiger partial charge in [0.05, 0.1) is 7.11 Å². The topological polar surface area (TPSA) is 79.9 Å². The van der Waals surface area contributed by atoms with E-state index in [-0.39, 0.29) is 5.56 Å². The summed E-state index contributed by atoms with van der Waals surface area (Å²) in [5, 5.41) is 3.87. The molecule has 134 valence electrons. The van der Waals surface area contributed by atoms with E-state index in [2.05, 4.69) is 20.3 Å². The van der Waals surface area contributed by atoms with Crippen LogP contribution < -0.4 is 15.6 Å². The molecular weight excluding hydrogens is 352 g/mol. The van der Waals surface area contributed by atoms with Gasteiger partial charge in [0.2, 0.25) is 0 Å². The Kier molecular flexibility index (Phi) is 5.53. The third-order valence-corrected chi connectivity index (χ3v) is 4.14. The van der Waals surface area contributed by atoms with Crippen LogP contribution in [0.4, 0.5) is 5.82 Å². The number of aryl methyl sites for hydroxylation is 1. The van der Waals surface area contributed by atoms with E-state index in [1.165, 1.54) is 6.07 Å². The van der Waals surface area contributed by atoms with Gasteiger partial charge in [0.1, 0.15) is 17.4 Å². The molecule has 0 unspecified atom stereocenters. The second-order valence-corrected chi connectivity index (χ2v) is 6.12. The van der Waals surface area contributed by atoms with Crippen LogP contribution in [0.3, 0.4) is 0 Å². The Morgan fingerprint density at radius 2 is 2.08 bits per heavy atom. The fourth-order valence-corrected chi connectivity index (χ4v) is 2.68. The number of H-pyrrole nitrogens is 1. The largest absolute Gasteiger partial charge is 0.496 e. The van der Waals surface area contributed by atoms with E-state index in [9.17, 15) is 4.79 Å². The monoisotopic (exact) mass is 370 g/mol. The molecule has 2 aromatic heterocycles.